The molecular weight excluding hydrogens is 417 g/mol. The summed E-state index contributed by atoms with van der Waals surface area (Å²) in [5.41, 5.74) is 4.70. The van der Waals surface area contributed by atoms with Crippen molar-refractivity contribution in [3.63, 3.8) is 0 Å². The van der Waals surface area contributed by atoms with E-state index in [1.807, 2.05) is 26.0 Å². The molecule has 0 amide bonds. The van der Waals surface area contributed by atoms with Gasteiger partial charge in [0.1, 0.15) is 17.2 Å². The van der Waals surface area contributed by atoms with Crippen LogP contribution in [0.25, 0.3) is 11.1 Å². The molecule has 6 heteroatoms. The molecule has 0 saturated carbocycles. The number of halogens is 4. The van der Waals surface area contributed by atoms with Crippen LogP contribution < -0.4 is 4.74 Å². The van der Waals surface area contributed by atoms with Gasteiger partial charge in [-0.2, -0.15) is 13.2 Å². The number of alkyl halides is 3. The predicted molar refractivity (Wildman–Crippen MR) is 114 cm³/mol. The zero-order valence-electron chi connectivity index (χ0n) is 16.5. The maximum absolute atomic E-state index is 13.6. The summed E-state index contributed by atoms with van der Waals surface area (Å²) in [6.07, 6.45) is -2.42. The third-order valence-corrected chi connectivity index (χ3v) is 6.37. The van der Waals surface area contributed by atoms with E-state index in [1.165, 1.54) is 10.9 Å². The highest BCUT2D eigenvalue weighted by molar-refractivity contribution is 7.10. The largest absolute Gasteiger partial charge is 0.489 e. The summed E-state index contributed by atoms with van der Waals surface area (Å²) in [4.78, 5) is -0.626. The van der Waals surface area contributed by atoms with Crippen LogP contribution in [0.15, 0.2) is 41.8 Å². The van der Waals surface area contributed by atoms with Crippen molar-refractivity contribution in [1.82, 2.24) is 0 Å². The topological polar surface area (TPSA) is 9.23 Å². The van der Waals surface area contributed by atoms with Crippen molar-refractivity contribution in [3.8, 4) is 16.9 Å². The first-order chi connectivity index (χ1) is 13.7. The Morgan fingerprint density at radius 1 is 1.00 bits per heavy atom. The van der Waals surface area contributed by atoms with E-state index in [9.17, 15) is 13.2 Å². The van der Waals surface area contributed by atoms with E-state index in [1.54, 1.807) is 24.3 Å². The van der Waals surface area contributed by atoms with E-state index in [0.29, 0.717) is 33.2 Å². The summed E-state index contributed by atoms with van der Waals surface area (Å²) < 4.78 is 46.6. The van der Waals surface area contributed by atoms with Gasteiger partial charge in [0.05, 0.1) is 0 Å². The fraction of sp³-hybridized carbons (Fsp3) is 0.304. The van der Waals surface area contributed by atoms with Crippen molar-refractivity contribution in [3.05, 3.63) is 73.9 Å². The molecule has 0 unspecified atom stereocenters. The van der Waals surface area contributed by atoms with E-state index < -0.39 is 11.1 Å². The molecule has 0 fully saturated rings. The molecule has 3 rings (SSSR count). The van der Waals surface area contributed by atoms with Gasteiger partial charge in [0.15, 0.2) is 0 Å². The lowest BCUT2D eigenvalue weighted by molar-refractivity contribution is -0.135. The number of aryl methyl sites for hydroxylation is 1. The van der Waals surface area contributed by atoms with Gasteiger partial charge in [0, 0.05) is 10.6 Å². The van der Waals surface area contributed by atoms with E-state index in [-0.39, 0.29) is 12.2 Å². The van der Waals surface area contributed by atoms with Gasteiger partial charge in [-0.15, -0.1) is 11.3 Å². The van der Waals surface area contributed by atoms with Gasteiger partial charge in [-0.3, -0.25) is 0 Å². The van der Waals surface area contributed by atoms with Crippen LogP contribution in [-0.2, 0) is 19.2 Å². The highest BCUT2D eigenvalue weighted by Gasteiger charge is 2.36. The Bertz CT molecular complexity index is 991. The van der Waals surface area contributed by atoms with Crippen LogP contribution in [0.4, 0.5) is 13.2 Å². The maximum atomic E-state index is 13.6. The van der Waals surface area contributed by atoms with E-state index >= 15 is 0 Å². The molecule has 29 heavy (non-hydrogen) atoms. The van der Waals surface area contributed by atoms with Gasteiger partial charge in [0.2, 0.25) is 0 Å². The Morgan fingerprint density at radius 3 is 2.31 bits per heavy atom. The van der Waals surface area contributed by atoms with Crippen molar-refractivity contribution in [2.75, 3.05) is 0 Å². The molecule has 0 bridgehead atoms. The molecule has 1 aromatic heterocycles. The van der Waals surface area contributed by atoms with Crippen LogP contribution in [0, 0.1) is 13.8 Å². The second-order valence-electron chi connectivity index (χ2n) is 6.97. The van der Waals surface area contributed by atoms with Crippen molar-refractivity contribution in [2.24, 2.45) is 0 Å². The molecule has 0 N–H and O–H groups in total. The first-order valence-electron chi connectivity index (χ1n) is 9.37. The Kier molecular flexibility index (Phi) is 6.59. The summed E-state index contributed by atoms with van der Waals surface area (Å²) in [6, 6.07) is 10.7. The van der Waals surface area contributed by atoms with Crippen molar-refractivity contribution >= 4 is 22.9 Å². The number of ether oxygens (including phenoxy) is 1. The van der Waals surface area contributed by atoms with Crippen LogP contribution in [0.3, 0.4) is 0 Å². The van der Waals surface area contributed by atoms with E-state index in [0.717, 1.165) is 24.0 Å². The number of benzene rings is 2. The van der Waals surface area contributed by atoms with Crippen LogP contribution in [0.5, 0.6) is 5.75 Å². The minimum atomic E-state index is -4.43. The lowest BCUT2D eigenvalue weighted by atomic mass is 9.99. The summed E-state index contributed by atoms with van der Waals surface area (Å²) in [7, 11) is 0. The monoisotopic (exact) mass is 438 g/mol. The maximum Gasteiger partial charge on any atom is 0.426 e. The van der Waals surface area contributed by atoms with E-state index in [2.05, 4.69) is 6.92 Å². The summed E-state index contributed by atoms with van der Waals surface area (Å²) >= 11 is 6.62. The van der Waals surface area contributed by atoms with Gasteiger partial charge in [0.25, 0.3) is 0 Å². The van der Waals surface area contributed by atoms with Gasteiger partial charge >= 0.3 is 6.18 Å². The zero-order chi connectivity index (χ0) is 21.2. The summed E-state index contributed by atoms with van der Waals surface area (Å²) in [5.74, 6) is 0.615. The molecule has 1 heterocycles. The minimum absolute atomic E-state index is 0.149. The van der Waals surface area contributed by atoms with Gasteiger partial charge in [-0.05, 0) is 71.7 Å². The van der Waals surface area contributed by atoms with Crippen LogP contribution in [0.2, 0.25) is 5.02 Å². The number of rotatable bonds is 6. The number of hydrogen-bond acceptors (Lipinski definition) is 2. The molecule has 2 aromatic carbocycles. The molecule has 0 spiro atoms. The second-order valence-corrected chi connectivity index (χ2v) is 8.29. The minimum Gasteiger partial charge on any atom is -0.489 e. The number of thiophene rings is 1. The first kappa shape index (κ1) is 21.7. The normalized spacial score (nSPS) is 11.7. The molecule has 0 aliphatic carbocycles. The highest BCUT2D eigenvalue weighted by atomic mass is 35.5. The summed E-state index contributed by atoms with van der Waals surface area (Å²) in [5, 5.41) is 2.07. The highest BCUT2D eigenvalue weighted by Crippen LogP contribution is 2.42. The standard InChI is InChI=1S/C23H22ClF3OS/c1-4-5-16-8-11-21(15(3)14(16)2)28-12-19-20(13-29-22(19)23(25,26)27)17-6-9-18(24)10-7-17/h6-11,13H,4-5,12H2,1-3H3. The Morgan fingerprint density at radius 2 is 1.69 bits per heavy atom. The smallest absolute Gasteiger partial charge is 0.426 e. The molecule has 0 radical (unpaired) electrons. The van der Waals surface area contributed by atoms with Gasteiger partial charge in [-0.1, -0.05) is 43.1 Å². The molecular formula is C23H22ClF3OS. The van der Waals surface area contributed by atoms with Crippen LogP contribution >= 0.6 is 22.9 Å². The number of hydrogen-bond donors (Lipinski definition) is 0. The predicted octanol–water partition coefficient (Wildman–Crippen LogP) is 8.24. The van der Waals surface area contributed by atoms with Crippen LogP contribution in [-0.4, -0.2) is 0 Å². The van der Waals surface area contributed by atoms with Gasteiger partial charge < -0.3 is 4.74 Å². The third-order valence-electron chi connectivity index (χ3n) is 5.05. The fourth-order valence-electron chi connectivity index (χ4n) is 3.33. The Balaban J connectivity index is 1.95. The average molecular weight is 439 g/mol. The van der Waals surface area contributed by atoms with Crippen molar-refractivity contribution in [2.45, 2.75) is 46.4 Å². The molecule has 1 nitrogen and oxygen atoms in total. The van der Waals surface area contributed by atoms with Crippen molar-refractivity contribution < 1.29 is 17.9 Å². The quantitative estimate of drug-likeness (QED) is 0.376. The molecule has 3 aromatic rings. The molecule has 0 aliphatic heterocycles. The Hall–Kier alpha value is -1.98. The molecule has 154 valence electrons. The molecule has 0 atom stereocenters. The fourth-order valence-corrected chi connectivity index (χ4v) is 4.42. The van der Waals surface area contributed by atoms with Crippen LogP contribution in [0.1, 0.15) is 40.5 Å². The van der Waals surface area contributed by atoms with E-state index in [4.69, 9.17) is 16.3 Å². The molecule has 0 saturated heterocycles. The zero-order valence-corrected chi connectivity index (χ0v) is 18.1. The first-order valence-corrected chi connectivity index (χ1v) is 10.6. The Labute approximate surface area is 178 Å². The lowest BCUT2D eigenvalue weighted by Crippen LogP contribution is -2.09. The lowest BCUT2D eigenvalue weighted by Gasteiger charge is -2.16. The third kappa shape index (κ3) is 4.78. The SMILES string of the molecule is CCCc1ccc(OCc2c(-c3ccc(Cl)cc3)csc2C(F)(F)F)c(C)c1C. The second kappa shape index (κ2) is 8.80. The molecule has 0 aliphatic rings. The summed E-state index contributed by atoms with van der Waals surface area (Å²) in [6.45, 7) is 5.94. The van der Waals surface area contributed by atoms with Crippen molar-refractivity contribution in [1.29, 1.82) is 0 Å². The average Bonchev–Trinajstić information content (AvgIpc) is 3.10. The van der Waals surface area contributed by atoms with Gasteiger partial charge in [-0.25, -0.2) is 0 Å².